The van der Waals surface area contributed by atoms with E-state index in [2.05, 4.69) is 0 Å². The molecule has 0 saturated carbocycles. The zero-order valence-corrected chi connectivity index (χ0v) is 16.1. The number of halogens is 3. The maximum atomic E-state index is 12.4. The molecule has 0 bridgehead atoms. The van der Waals surface area contributed by atoms with E-state index in [4.69, 9.17) is 44.3 Å². The third-order valence-electron chi connectivity index (χ3n) is 5.22. The van der Waals surface area contributed by atoms with E-state index >= 15 is 0 Å². The fourth-order valence-electron chi connectivity index (χ4n) is 4.11. The van der Waals surface area contributed by atoms with Crippen LogP contribution in [0.4, 0.5) is 0 Å². The first-order valence-electron chi connectivity index (χ1n) is 7.92. The Kier molecular flexibility index (Phi) is 4.71. The van der Waals surface area contributed by atoms with Crippen LogP contribution in [-0.4, -0.2) is 33.7 Å². The number of carbonyl (C=O) groups excluding carboxylic acids is 3. The number of allylic oxidation sites excluding steroid dienone is 1. The van der Waals surface area contributed by atoms with Gasteiger partial charge >= 0.3 is 11.9 Å². The first kappa shape index (κ1) is 18.7. The second kappa shape index (κ2) is 6.29. The van der Waals surface area contributed by atoms with E-state index in [1.165, 1.54) is 0 Å². The van der Waals surface area contributed by atoms with E-state index < -0.39 is 33.8 Å². The molecule has 1 aliphatic heterocycles. The van der Waals surface area contributed by atoms with Crippen molar-refractivity contribution >= 4 is 52.5 Å². The molecule has 25 heavy (non-hydrogen) atoms. The molecule has 3 rings (SSSR count). The molecule has 136 valence electrons. The summed E-state index contributed by atoms with van der Waals surface area (Å²) in [4.78, 5) is 36.6. The summed E-state index contributed by atoms with van der Waals surface area (Å²) in [5.41, 5.74) is 2.24. The lowest BCUT2D eigenvalue weighted by Crippen LogP contribution is -2.39. The fourth-order valence-corrected chi connectivity index (χ4v) is 4.25. The van der Waals surface area contributed by atoms with Gasteiger partial charge in [0.2, 0.25) is 0 Å². The molecule has 1 saturated heterocycles. The highest BCUT2D eigenvalue weighted by atomic mass is 35.6. The van der Waals surface area contributed by atoms with Crippen molar-refractivity contribution in [3.05, 3.63) is 22.8 Å². The van der Waals surface area contributed by atoms with Gasteiger partial charge in [-0.25, -0.2) is 4.79 Å². The normalized spacial score (nSPS) is 35.0. The largest absolute Gasteiger partial charge is 0.461 e. The molecule has 1 heterocycles. The Morgan fingerprint density at radius 2 is 1.92 bits per heavy atom. The van der Waals surface area contributed by atoms with Crippen LogP contribution >= 0.6 is 34.8 Å². The van der Waals surface area contributed by atoms with Gasteiger partial charge in [0.15, 0.2) is 5.78 Å². The van der Waals surface area contributed by atoms with Gasteiger partial charge in [0.05, 0.1) is 5.92 Å². The number of hydrogen-bond acceptors (Lipinski definition) is 5. The number of rotatable bonds is 1. The molecular weight excluding hydrogens is 391 g/mol. The van der Waals surface area contributed by atoms with Gasteiger partial charge in [-0.2, -0.15) is 0 Å². The lowest BCUT2D eigenvalue weighted by atomic mass is 9.79. The number of ether oxygens (including phenoxy) is 2. The van der Waals surface area contributed by atoms with E-state index in [0.29, 0.717) is 5.57 Å². The Bertz CT molecular complexity index is 718. The Morgan fingerprint density at radius 1 is 1.28 bits per heavy atom. The predicted octanol–water partition coefficient (Wildman–Crippen LogP) is 3.31. The number of hydrogen-bond donors (Lipinski definition) is 0. The highest BCUT2D eigenvalue weighted by Gasteiger charge is 2.55. The summed E-state index contributed by atoms with van der Waals surface area (Å²) in [6.45, 7) is 5.38. The summed E-state index contributed by atoms with van der Waals surface area (Å²) < 4.78 is 8.81. The van der Waals surface area contributed by atoms with Crippen molar-refractivity contribution in [3.8, 4) is 0 Å². The van der Waals surface area contributed by atoms with Crippen LogP contribution in [0.25, 0.3) is 0 Å². The van der Waals surface area contributed by atoms with E-state index in [1.54, 1.807) is 13.0 Å². The van der Waals surface area contributed by atoms with E-state index in [1.807, 2.05) is 13.8 Å². The lowest BCUT2D eigenvalue weighted by molar-refractivity contribution is -0.152. The molecule has 0 N–H and O–H groups in total. The summed E-state index contributed by atoms with van der Waals surface area (Å²) in [6, 6.07) is 0. The standard InChI is InChI=1S/C17H17Cl3O5/c1-6-4-9(21)11-7(2)5-10(24-16(23)17(18,19)20)13-8(3)15(22)25-14(13)12(6)11/h4,8,10,12-14H,5H2,1-3H3/t8-,10-,12?,13?,14+/m0/s1. The van der Waals surface area contributed by atoms with Crippen molar-refractivity contribution in [3.63, 3.8) is 0 Å². The van der Waals surface area contributed by atoms with Crippen LogP contribution in [-0.2, 0) is 23.9 Å². The molecule has 5 nitrogen and oxygen atoms in total. The van der Waals surface area contributed by atoms with Crippen molar-refractivity contribution in [1.29, 1.82) is 0 Å². The summed E-state index contributed by atoms with van der Waals surface area (Å²) in [7, 11) is 0. The second-order valence-electron chi connectivity index (χ2n) is 6.84. The molecule has 0 aromatic heterocycles. The maximum absolute atomic E-state index is 12.4. The van der Waals surface area contributed by atoms with Crippen molar-refractivity contribution in [2.24, 2.45) is 17.8 Å². The Morgan fingerprint density at radius 3 is 2.52 bits per heavy atom. The fraction of sp³-hybridized carbons (Fsp3) is 0.588. The third-order valence-corrected chi connectivity index (χ3v) is 5.68. The smallest absolute Gasteiger partial charge is 0.358 e. The topological polar surface area (TPSA) is 69.7 Å². The minimum atomic E-state index is -2.21. The Labute approximate surface area is 160 Å². The minimum Gasteiger partial charge on any atom is -0.461 e. The lowest BCUT2D eigenvalue weighted by Gasteiger charge is -2.30. The quantitative estimate of drug-likeness (QED) is 0.493. The zero-order valence-electron chi connectivity index (χ0n) is 13.8. The van der Waals surface area contributed by atoms with E-state index in [9.17, 15) is 14.4 Å². The highest BCUT2D eigenvalue weighted by molar-refractivity contribution is 6.75. The first-order chi connectivity index (χ1) is 11.5. The third kappa shape index (κ3) is 3.11. The van der Waals surface area contributed by atoms with Crippen molar-refractivity contribution in [2.75, 3.05) is 0 Å². The van der Waals surface area contributed by atoms with Gasteiger partial charge in [-0.05, 0) is 19.9 Å². The van der Waals surface area contributed by atoms with Gasteiger partial charge < -0.3 is 9.47 Å². The summed E-state index contributed by atoms with van der Waals surface area (Å²) in [5.74, 6) is -2.71. The zero-order chi connectivity index (χ0) is 18.7. The number of fused-ring (bicyclic) bond motifs is 3. The Balaban J connectivity index is 2.03. The molecule has 2 unspecified atom stereocenters. The monoisotopic (exact) mass is 406 g/mol. The van der Waals surface area contributed by atoms with Gasteiger partial charge in [-0.1, -0.05) is 52.9 Å². The van der Waals surface area contributed by atoms with Crippen LogP contribution in [0.15, 0.2) is 22.8 Å². The molecule has 0 spiro atoms. The average molecular weight is 408 g/mol. The molecule has 3 aliphatic rings. The van der Waals surface area contributed by atoms with Gasteiger partial charge in [-0.3, -0.25) is 9.59 Å². The van der Waals surface area contributed by atoms with Crippen molar-refractivity contribution in [1.82, 2.24) is 0 Å². The first-order valence-corrected chi connectivity index (χ1v) is 9.06. The number of ketones is 1. The molecule has 2 aliphatic carbocycles. The molecule has 0 amide bonds. The van der Waals surface area contributed by atoms with Gasteiger partial charge in [0.1, 0.15) is 12.2 Å². The van der Waals surface area contributed by atoms with Gasteiger partial charge in [0, 0.05) is 23.8 Å². The maximum Gasteiger partial charge on any atom is 0.358 e. The number of esters is 2. The van der Waals surface area contributed by atoms with Crippen LogP contribution in [0.1, 0.15) is 27.2 Å². The number of carbonyl (C=O) groups is 3. The summed E-state index contributed by atoms with van der Waals surface area (Å²) >= 11 is 16.8. The molecule has 0 aromatic carbocycles. The molecule has 8 heteroatoms. The van der Waals surface area contributed by atoms with Crippen LogP contribution < -0.4 is 0 Å². The van der Waals surface area contributed by atoms with Gasteiger partial charge in [-0.15, -0.1) is 0 Å². The van der Waals surface area contributed by atoms with Crippen molar-refractivity contribution < 1.29 is 23.9 Å². The SMILES string of the molecule is CC1=CC(=O)C2=C(C)C[C@H](OC(=O)C(Cl)(Cl)Cl)C3[C@H](OC(=O)[C@H]3C)C12. The van der Waals surface area contributed by atoms with Crippen molar-refractivity contribution in [2.45, 2.75) is 43.2 Å². The van der Waals surface area contributed by atoms with Crippen LogP contribution in [0.3, 0.4) is 0 Å². The predicted molar refractivity (Wildman–Crippen MR) is 92.3 cm³/mol. The van der Waals surface area contributed by atoms with E-state index in [-0.39, 0.29) is 24.1 Å². The van der Waals surface area contributed by atoms with Crippen LogP contribution in [0.5, 0.6) is 0 Å². The summed E-state index contributed by atoms with van der Waals surface area (Å²) in [6.07, 6.45) is 0.567. The average Bonchev–Trinajstić information content (AvgIpc) is 2.89. The van der Waals surface area contributed by atoms with E-state index in [0.717, 1.165) is 11.1 Å². The highest BCUT2D eigenvalue weighted by Crippen LogP contribution is 2.49. The minimum absolute atomic E-state index is 0.0947. The molecule has 0 aromatic rings. The molecule has 5 atom stereocenters. The second-order valence-corrected chi connectivity index (χ2v) is 9.12. The molecule has 0 radical (unpaired) electrons. The molecule has 1 fully saturated rings. The van der Waals surface area contributed by atoms with Gasteiger partial charge in [0.25, 0.3) is 3.79 Å². The Hall–Kier alpha value is -1.04. The van der Waals surface area contributed by atoms with Crippen LogP contribution in [0.2, 0.25) is 0 Å². The number of alkyl halides is 3. The summed E-state index contributed by atoms with van der Waals surface area (Å²) in [5, 5.41) is 0. The molecular formula is C17H17Cl3O5. The van der Waals surface area contributed by atoms with Crippen LogP contribution in [0, 0.1) is 17.8 Å².